The van der Waals surface area contributed by atoms with Crippen LogP contribution in [-0.4, -0.2) is 51.3 Å². The molecule has 1 atom stereocenters. The molecule has 0 N–H and O–H groups in total. The Labute approximate surface area is 162 Å². The molecule has 1 unspecified atom stereocenters. The van der Waals surface area contributed by atoms with Gasteiger partial charge in [-0.25, -0.2) is 4.98 Å². The minimum atomic E-state index is 0.165. The summed E-state index contributed by atoms with van der Waals surface area (Å²) in [6.07, 6.45) is 9.16. The van der Waals surface area contributed by atoms with Crippen molar-refractivity contribution in [1.29, 1.82) is 0 Å². The van der Waals surface area contributed by atoms with Crippen LogP contribution in [0.4, 0.5) is 0 Å². The second-order valence-corrected chi connectivity index (χ2v) is 8.39. The lowest BCUT2D eigenvalue weighted by atomic mass is 9.96. The lowest BCUT2D eigenvalue weighted by Crippen LogP contribution is -2.45. The van der Waals surface area contributed by atoms with E-state index in [2.05, 4.69) is 46.4 Å². The number of carbonyl (C=O) groups is 1. The van der Waals surface area contributed by atoms with Gasteiger partial charge in [0.15, 0.2) is 0 Å². The van der Waals surface area contributed by atoms with Gasteiger partial charge in [0.05, 0.1) is 17.3 Å². The van der Waals surface area contributed by atoms with Crippen LogP contribution in [0.2, 0.25) is 0 Å². The summed E-state index contributed by atoms with van der Waals surface area (Å²) in [6, 6.07) is 4.28. The van der Waals surface area contributed by atoms with Crippen molar-refractivity contribution in [3.63, 3.8) is 0 Å². The molecule has 5 nitrogen and oxygen atoms in total. The molecule has 4 rings (SSSR count). The first-order valence-corrected chi connectivity index (χ1v) is 10.6. The predicted octanol–water partition coefficient (Wildman–Crippen LogP) is 3.57. The summed E-state index contributed by atoms with van der Waals surface area (Å²) in [5.41, 5.74) is 4.62. The quantitative estimate of drug-likeness (QED) is 0.832. The molecule has 146 valence electrons. The Bertz CT molecular complexity index is 804. The van der Waals surface area contributed by atoms with Crippen LogP contribution < -0.4 is 0 Å². The highest BCUT2D eigenvalue weighted by atomic mass is 16.2. The lowest BCUT2D eigenvalue weighted by Gasteiger charge is -2.34. The zero-order valence-electron chi connectivity index (χ0n) is 16.8. The standard InChI is InChI=1S/C22H32N4O/c1-17-9-13-26-20(18(2)23-21(26)14-17)16-24-10-7-8-19(15-24)22(27)25-11-5-3-4-6-12-25/h9,13-14,19H,3-8,10-12,15-16H2,1-2H3. The molecule has 2 aromatic rings. The fourth-order valence-electron chi connectivity index (χ4n) is 4.67. The molecular weight excluding hydrogens is 336 g/mol. The Hall–Kier alpha value is -1.88. The fraction of sp³-hybridized carbons (Fsp3) is 0.636. The van der Waals surface area contributed by atoms with Gasteiger partial charge in [0.1, 0.15) is 5.65 Å². The highest BCUT2D eigenvalue weighted by Gasteiger charge is 2.30. The minimum Gasteiger partial charge on any atom is -0.342 e. The van der Waals surface area contributed by atoms with Gasteiger partial charge >= 0.3 is 0 Å². The molecule has 0 aromatic carbocycles. The summed E-state index contributed by atoms with van der Waals surface area (Å²) in [6.45, 7) is 8.95. The molecule has 0 radical (unpaired) electrons. The number of pyridine rings is 1. The van der Waals surface area contributed by atoms with Gasteiger partial charge < -0.3 is 9.30 Å². The summed E-state index contributed by atoms with van der Waals surface area (Å²) in [7, 11) is 0. The Balaban J connectivity index is 1.46. The molecule has 2 saturated heterocycles. The van der Waals surface area contributed by atoms with Crippen LogP contribution >= 0.6 is 0 Å². The summed E-state index contributed by atoms with van der Waals surface area (Å²) in [5.74, 6) is 0.561. The topological polar surface area (TPSA) is 40.9 Å². The number of piperidine rings is 1. The summed E-state index contributed by atoms with van der Waals surface area (Å²) < 4.78 is 2.21. The molecule has 5 heteroatoms. The largest absolute Gasteiger partial charge is 0.342 e. The van der Waals surface area contributed by atoms with E-state index < -0.39 is 0 Å². The van der Waals surface area contributed by atoms with Crippen LogP contribution in [-0.2, 0) is 11.3 Å². The van der Waals surface area contributed by atoms with Crippen LogP contribution in [0.1, 0.15) is 55.5 Å². The molecule has 0 saturated carbocycles. The van der Waals surface area contributed by atoms with Crippen LogP contribution in [0.5, 0.6) is 0 Å². The van der Waals surface area contributed by atoms with E-state index in [-0.39, 0.29) is 5.92 Å². The zero-order valence-corrected chi connectivity index (χ0v) is 16.8. The van der Waals surface area contributed by atoms with E-state index in [1.807, 2.05) is 0 Å². The van der Waals surface area contributed by atoms with Gasteiger partial charge in [-0.1, -0.05) is 12.8 Å². The van der Waals surface area contributed by atoms with Crippen molar-refractivity contribution in [2.45, 2.75) is 58.9 Å². The molecule has 2 aliphatic rings. The van der Waals surface area contributed by atoms with E-state index in [1.54, 1.807) is 0 Å². The monoisotopic (exact) mass is 368 g/mol. The van der Waals surface area contributed by atoms with Crippen molar-refractivity contribution in [3.05, 3.63) is 35.3 Å². The third-order valence-corrected chi connectivity index (χ3v) is 6.23. The Morgan fingerprint density at radius 2 is 1.89 bits per heavy atom. The first-order chi connectivity index (χ1) is 13.1. The van der Waals surface area contributed by atoms with E-state index in [9.17, 15) is 4.79 Å². The van der Waals surface area contributed by atoms with E-state index in [4.69, 9.17) is 4.98 Å². The van der Waals surface area contributed by atoms with Gasteiger partial charge in [0.2, 0.25) is 5.91 Å². The van der Waals surface area contributed by atoms with E-state index in [0.29, 0.717) is 5.91 Å². The van der Waals surface area contributed by atoms with Crippen molar-refractivity contribution in [3.8, 4) is 0 Å². The van der Waals surface area contributed by atoms with Crippen LogP contribution in [0, 0.1) is 19.8 Å². The molecule has 0 aliphatic carbocycles. The van der Waals surface area contributed by atoms with Gasteiger partial charge in [-0.3, -0.25) is 9.69 Å². The first-order valence-electron chi connectivity index (χ1n) is 10.6. The number of likely N-dealkylation sites (tertiary alicyclic amines) is 2. The highest BCUT2D eigenvalue weighted by molar-refractivity contribution is 5.79. The van der Waals surface area contributed by atoms with E-state index in [1.165, 1.54) is 36.9 Å². The Morgan fingerprint density at radius 1 is 1.11 bits per heavy atom. The number of hydrogen-bond acceptors (Lipinski definition) is 3. The minimum absolute atomic E-state index is 0.165. The lowest BCUT2D eigenvalue weighted by molar-refractivity contribution is -0.137. The Kier molecular flexibility index (Phi) is 5.48. The zero-order chi connectivity index (χ0) is 18.8. The van der Waals surface area contributed by atoms with Crippen molar-refractivity contribution in [2.75, 3.05) is 26.2 Å². The summed E-state index contributed by atoms with van der Waals surface area (Å²) >= 11 is 0. The smallest absolute Gasteiger partial charge is 0.226 e. The summed E-state index contributed by atoms with van der Waals surface area (Å²) in [5, 5.41) is 0. The number of hydrogen-bond donors (Lipinski definition) is 0. The molecule has 27 heavy (non-hydrogen) atoms. The molecule has 1 amide bonds. The van der Waals surface area contributed by atoms with Gasteiger partial charge in [0.25, 0.3) is 0 Å². The number of aryl methyl sites for hydroxylation is 2. The summed E-state index contributed by atoms with van der Waals surface area (Å²) in [4.78, 5) is 22.4. The SMILES string of the molecule is Cc1ccn2c(CN3CCCC(C(=O)N4CCCCCC4)C3)c(C)nc2c1. The van der Waals surface area contributed by atoms with Gasteiger partial charge in [-0.05, 0) is 63.8 Å². The third-order valence-electron chi connectivity index (χ3n) is 6.23. The molecule has 2 aliphatic heterocycles. The maximum absolute atomic E-state index is 13.1. The average molecular weight is 369 g/mol. The normalized spacial score (nSPS) is 22.1. The fourth-order valence-corrected chi connectivity index (χ4v) is 4.67. The van der Waals surface area contributed by atoms with Crippen molar-refractivity contribution < 1.29 is 4.79 Å². The van der Waals surface area contributed by atoms with Gasteiger partial charge in [0, 0.05) is 32.4 Å². The molecular formula is C22H32N4O. The van der Waals surface area contributed by atoms with Crippen LogP contribution in [0.25, 0.3) is 5.65 Å². The van der Waals surface area contributed by atoms with Crippen molar-refractivity contribution in [1.82, 2.24) is 19.2 Å². The molecule has 0 bridgehead atoms. The maximum Gasteiger partial charge on any atom is 0.226 e. The number of nitrogens with zero attached hydrogens (tertiary/aromatic N) is 4. The number of carbonyl (C=O) groups excluding carboxylic acids is 1. The predicted molar refractivity (Wildman–Crippen MR) is 108 cm³/mol. The van der Waals surface area contributed by atoms with Crippen molar-refractivity contribution in [2.24, 2.45) is 5.92 Å². The van der Waals surface area contributed by atoms with E-state index >= 15 is 0 Å². The van der Waals surface area contributed by atoms with Gasteiger partial charge in [-0.2, -0.15) is 0 Å². The average Bonchev–Trinajstić information content (AvgIpc) is 2.85. The number of aromatic nitrogens is 2. The van der Waals surface area contributed by atoms with Crippen LogP contribution in [0.3, 0.4) is 0 Å². The molecule has 4 heterocycles. The second-order valence-electron chi connectivity index (χ2n) is 8.39. The van der Waals surface area contributed by atoms with Crippen LogP contribution in [0.15, 0.2) is 18.3 Å². The number of amides is 1. The van der Waals surface area contributed by atoms with E-state index in [0.717, 1.165) is 56.9 Å². The molecule has 0 spiro atoms. The maximum atomic E-state index is 13.1. The Morgan fingerprint density at radius 3 is 2.67 bits per heavy atom. The number of rotatable bonds is 3. The second kappa shape index (κ2) is 8.01. The first kappa shape index (κ1) is 18.5. The third kappa shape index (κ3) is 4.03. The highest BCUT2D eigenvalue weighted by Crippen LogP contribution is 2.24. The molecule has 2 aromatic heterocycles. The van der Waals surface area contributed by atoms with Gasteiger partial charge in [-0.15, -0.1) is 0 Å². The van der Waals surface area contributed by atoms with Crippen molar-refractivity contribution >= 4 is 11.6 Å². The number of imidazole rings is 1. The molecule has 2 fully saturated rings. The number of fused-ring (bicyclic) bond motifs is 1.